The molecule has 0 bridgehead atoms. The zero-order valence-corrected chi connectivity index (χ0v) is 14.5. The highest BCUT2D eigenvalue weighted by molar-refractivity contribution is 7.92. The zero-order valence-electron chi connectivity index (χ0n) is 11.4. The fourth-order valence-corrected chi connectivity index (χ4v) is 3.77. The van der Waals surface area contributed by atoms with E-state index >= 15 is 0 Å². The Hall–Kier alpha value is -1.67. The minimum atomic E-state index is -3.74. The Morgan fingerprint density at radius 3 is 2.35 bits per heavy atom. The molecule has 23 heavy (non-hydrogen) atoms. The van der Waals surface area contributed by atoms with Crippen LogP contribution in [0, 0.1) is 0 Å². The Morgan fingerprint density at radius 1 is 1.00 bits per heavy atom. The maximum absolute atomic E-state index is 12.3. The van der Waals surface area contributed by atoms with Crippen LogP contribution in [-0.4, -0.2) is 18.0 Å². The van der Waals surface area contributed by atoms with Crippen LogP contribution < -0.4 is 4.72 Å². The Bertz CT molecular complexity index is 927. The summed E-state index contributed by atoms with van der Waals surface area (Å²) in [5, 5.41) is 6.25. The van der Waals surface area contributed by atoms with Crippen molar-refractivity contribution in [3.8, 4) is 11.3 Å². The van der Waals surface area contributed by atoms with Gasteiger partial charge in [-0.15, -0.1) is 5.10 Å². The van der Waals surface area contributed by atoms with E-state index in [1.165, 1.54) is 29.7 Å². The van der Waals surface area contributed by atoms with Crippen molar-refractivity contribution in [2.24, 2.45) is 0 Å². The first-order valence-corrected chi connectivity index (χ1v) is 9.39. The van der Waals surface area contributed by atoms with Gasteiger partial charge in [-0.3, -0.25) is 4.72 Å². The van der Waals surface area contributed by atoms with E-state index in [-0.39, 0.29) is 9.92 Å². The standard InChI is InChI=1S/C14H9Cl2N3O2S2/c15-12-6-5-11(7-13(12)16)23(20,21)18-10-3-1-9(2-4-10)14-8-22-19-17-14/h1-8,18H. The summed E-state index contributed by atoms with van der Waals surface area (Å²) in [6.07, 6.45) is 0. The largest absolute Gasteiger partial charge is 0.280 e. The lowest BCUT2D eigenvalue weighted by Gasteiger charge is -2.09. The molecule has 9 heteroatoms. The van der Waals surface area contributed by atoms with Crippen molar-refractivity contribution in [3.63, 3.8) is 0 Å². The second-order valence-electron chi connectivity index (χ2n) is 4.55. The molecule has 1 N–H and O–H groups in total. The van der Waals surface area contributed by atoms with Gasteiger partial charge >= 0.3 is 0 Å². The predicted octanol–water partition coefficient (Wildman–Crippen LogP) is 4.31. The number of benzene rings is 2. The first kappa shape index (κ1) is 16.2. The number of hydrogen-bond donors (Lipinski definition) is 1. The highest BCUT2D eigenvalue weighted by Gasteiger charge is 2.15. The highest BCUT2D eigenvalue weighted by Crippen LogP contribution is 2.26. The smallest absolute Gasteiger partial charge is 0.261 e. The summed E-state index contributed by atoms with van der Waals surface area (Å²) in [5.41, 5.74) is 2.04. The Balaban J connectivity index is 1.84. The van der Waals surface area contributed by atoms with Crippen molar-refractivity contribution in [2.45, 2.75) is 4.90 Å². The van der Waals surface area contributed by atoms with Crippen molar-refractivity contribution in [2.75, 3.05) is 4.72 Å². The number of nitrogens with one attached hydrogen (secondary N) is 1. The minimum Gasteiger partial charge on any atom is -0.280 e. The summed E-state index contributed by atoms with van der Waals surface area (Å²) in [6, 6.07) is 11.0. The van der Waals surface area contributed by atoms with Gasteiger partial charge in [0.05, 0.1) is 14.9 Å². The van der Waals surface area contributed by atoms with E-state index in [1.807, 2.05) is 5.38 Å². The number of halogens is 2. The van der Waals surface area contributed by atoms with Crippen molar-refractivity contribution in [3.05, 3.63) is 57.9 Å². The molecule has 3 aromatic rings. The third kappa shape index (κ3) is 3.64. The van der Waals surface area contributed by atoms with Gasteiger partial charge in [0.2, 0.25) is 0 Å². The molecule has 2 aromatic carbocycles. The van der Waals surface area contributed by atoms with E-state index in [4.69, 9.17) is 23.2 Å². The maximum Gasteiger partial charge on any atom is 0.261 e. The van der Waals surface area contributed by atoms with Crippen molar-refractivity contribution >= 4 is 50.4 Å². The van der Waals surface area contributed by atoms with Gasteiger partial charge in [0.15, 0.2) is 0 Å². The number of hydrogen-bond acceptors (Lipinski definition) is 5. The monoisotopic (exact) mass is 385 g/mol. The van der Waals surface area contributed by atoms with Crippen LogP contribution in [0.4, 0.5) is 5.69 Å². The highest BCUT2D eigenvalue weighted by atomic mass is 35.5. The molecule has 1 aromatic heterocycles. The van der Waals surface area contributed by atoms with Gasteiger partial charge in [-0.2, -0.15) is 0 Å². The summed E-state index contributed by atoms with van der Waals surface area (Å²) in [7, 11) is -3.74. The van der Waals surface area contributed by atoms with Crippen molar-refractivity contribution in [1.82, 2.24) is 9.59 Å². The lowest BCUT2D eigenvalue weighted by atomic mass is 10.2. The molecule has 0 saturated heterocycles. The SMILES string of the molecule is O=S(=O)(Nc1ccc(-c2csnn2)cc1)c1ccc(Cl)c(Cl)c1. The summed E-state index contributed by atoms with van der Waals surface area (Å²) in [5.74, 6) is 0. The van der Waals surface area contributed by atoms with Crippen molar-refractivity contribution < 1.29 is 8.42 Å². The van der Waals surface area contributed by atoms with Crippen LogP contribution in [0.2, 0.25) is 10.0 Å². The number of nitrogens with zero attached hydrogens (tertiary/aromatic N) is 2. The van der Waals surface area contributed by atoms with Gasteiger partial charge in [0.25, 0.3) is 10.0 Å². The summed E-state index contributed by atoms with van der Waals surface area (Å²) < 4.78 is 31.0. The fourth-order valence-electron chi connectivity index (χ4n) is 1.86. The maximum atomic E-state index is 12.3. The summed E-state index contributed by atoms with van der Waals surface area (Å²) >= 11 is 12.9. The lowest BCUT2D eigenvalue weighted by molar-refractivity contribution is 0.601. The van der Waals surface area contributed by atoms with Gasteiger partial charge in [0.1, 0.15) is 5.69 Å². The van der Waals surface area contributed by atoms with Crippen molar-refractivity contribution in [1.29, 1.82) is 0 Å². The van der Waals surface area contributed by atoms with E-state index in [1.54, 1.807) is 24.3 Å². The molecular formula is C14H9Cl2N3O2S2. The van der Waals surface area contributed by atoms with Gasteiger partial charge in [0, 0.05) is 16.6 Å². The molecule has 0 spiro atoms. The number of anilines is 1. The van der Waals surface area contributed by atoms with Gasteiger partial charge < -0.3 is 0 Å². The molecule has 3 rings (SSSR count). The van der Waals surface area contributed by atoms with E-state index in [9.17, 15) is 8.42 Å². The number of aromatic nitrogens is 2. The Labute approximate surface area is 147 Å². The molecule has 0 amide bonds. The third-order valence-corrected chi connectivity index (χ3v) is 5.62. The Kier molecular flexibility index (Phi) is 4.54. The third-order valence-electron chi connectivity index (χ3n) is 2.99. The molecule has 0 aliphatic rings. The molecule has 0 aliphatic carbocycles. The second-order valence-corrected chi connectivity index (χ2v) is 7.66. The molecule has 0 unspecified atom stereocenters. The quantitative estimate of drug-likeness (QED) is 0.725. The molecule has 5 nitrogen and oxygen atoms in total. The predicted molar refractivity (Wildman–Crippen MR) is 92.6 cm³/mol. The molecule has 0 saturated carbocycles. The average Bonchev–Trinajstić information content (AvgIpc) is 3.04. The zero-order chi connectivity index (χ0) is 16.4. The van der Waals surface area contributed by atoms with E-state index in [2.05, 4.69) is 14.3 Å². The minimum absolute atomic E-state index is 0.0414. The van der Waals surface area contributed by atoms with Crippen LogP contribution >= 0.6 is 34.7 Å². The van der Waals surface area contributed by atoms with Crippen LogP contribution in [0.1, 0.15) is 0 Å². The van der Waals surface area contributed by atoms with Crippen LogP contribution in [0.25, 0.3) is 11.3 Å². The molecule has 0 aliphatic heterocycles. The first-order valence-electron chi connectivity index (χ1n) is 6.31. The van der Waals surface area contributed by atoms with Gasteiger partial charge in [-0.05, 0) is 41.9 Å². The normalized spacial score (nSPS) is 11.4. The summed E-state index contributed by atoms with van der Waals surface area (Å²) in [6.45, 7) is 0. The molecule has 0 fully saturated rings. The topological polar surface area (TPSA) is 72.0 Å². The Morgan fingerprint density at radius 2 is 1.74 bits per heavy atom. The van der Waals surface area contributed by atoms with Crippen LogP contribution in [0.5, 0.6) is 0 Å². The molecule has 0 radical (unpaired) electrons. The second kappa shape index (κ2) is 6.45. The van der Waals surface area contributed by atoms with Crippen LogP contribution in [0.15, 0.2) is 52.7 Å². The fraction of sp³-hybridized carbons (Fsp3) is 0. The van der Waals surface area contributed by atoms with Crippen LogP contribution in [-0.2, 0) is 10.0 Å². The first-order chi connectivity index (χ1) is 11.0. The lowest BCUT2D eigenvalue weighted by Crippen LogP contribution is -2.12. The average molecular weight is 386 g/mol. The van der Waals surface area contributed by atoms with Crippen LogP contribution in [0.3, 0.4) is 0 Å². The summed E-state index contributed by atoms with van der Waals surface area (Å²) in [4.78, 5) is 0.0414. The van der Waals surface area contributed by atoms with Gasteiger partial charge in [-0.1, -0.05) is 39.8 Å². The number of sulfonamides is 1. The number of rotatable bonds is 4. The molecule has 0 atom stereocenters. The molecule has 1 heterocycles. The van der Waals surface area contributed by atoms with E-state index < -0.39 is 10.0 Å². The molecule has 118 valence electrons. The molecular weight excluding hydrogens is 377 g/mol. The van der Waals surface area contributed by atoms with E-state index in [0.717, 1.165) is 11.3 Å². The van der Waals surface area contributed by atoms with E-state index in [0.29, 0.717) is 10.7 Å². The van der Waals surface area contributed by atoms with Gasteiger partial charge in [-0.25, -0.2) is 8.42 Å².